The highest BCUT2D eigenvalue weighted by atomic mass is 35.5. The molecule has 2 aromatic carbocycles. The summed E-state index contributed by atoms with van der Waals surface area (Å²) in [5.74, 6) is -0.226. The molecule has 2 aromatic rings. The molecule has 1 nitrogen and oxygen atoms in total. The number of rotatable bonds is 4. The van der Waals surface area contributed by atoms with E-state index >= 15 is 0 Å². The first-order valence-electron chi connectivity index (χ1n) is 5.72. The Balaban J connectivity index is 2.32. The highest BCUT2D eigenvalue weighted by molar-refractivity contribution is 7.99. The van der Waals surface area contributed by atoms with Gasteiger partial charge in [0.1, 0.15) is 5.82 Å². The van der Waals surface area contributed by atoms with E-state index in [0.29, 0.717) is 28.6 Å². The topological polar surface area (TPSA) is 26.0 Å². The van der Waals surface area contributed by atoms with Crippen LogP contribution >= 0.6 is 35.0 Å². The van der Waals surface area contributed by atoms with Crippen LogP contribution in [-0.2, 0) is 6.42 Å². The Morgan fingerprint density at radius 1 is 1.11 bits per heavy atom. The van der Waals surface area contributed by atoms with Gasteiger partial charge in [-0.2, -0.15) is 0 Å². The van der Waals surface area contributed by atoms with Crippen LogP contribution in [0.15, 0.2) is 46.2 Å². The summed E-state index contributed by atoms with van der Waals surface area (Å²) < 4.78 is 13.8. The molecular formula is C14H12Cl2FNS. The standard InChI is InChI=1S/C14H12Cl2FNS/c15-11-5-4-9(8-12(11)16)19-14-3-1-2-13(17)10(14)6-7-18/h1-5,8H,6-7,18H2. The molecule has 2 rings (SSSR count). The lowest BCUT2D eigenvalue weighted by Gasteiger charge is -2.10. The quantitative estimate of drug-likeness (QED) is 0.878. The van der Waals surface area contributed by atoms with Crippen LogP contribution in [0.5, 0.6) is 0 Å². The molecule has 0 heterocycles. The molecule has 5 heteroatoms. The maximum absolute atomic E-state index is 13.8. The van der Waals surface area contributed by atoms with Crippen molar-refractivity contribution in [3.8, 4) is 0 Å². The molecule has 0 radical (unpaired) electrons. The van der Waals surface area contributed by atoms with Gasteiger partial charge in [-0.05, 0) is 43.3 Å². The first kappa shape index (κ1) is 14.7. The predicted molar refractivity (Wildman–Crippen MR) is 79.7 cm³/mol. The van der Waals surface area contributed by atoms with E-state index in [1.165, 1.54) is 17.8 Å². The van der Waals surface area contributed by atoms with Crippen LogP contribution in [0.3, 0.4) is 0 Å². The van der Waals surface area contributed by atoms with E-state index < -0.39 is 0 Å². The zero-order valence-electron chi connectivity index (χ0n) is 10.00. The summed E-state index contributed by atoms with van der Waals surface area (Å²) in [4.78, 5) is 1.77. The van der Waals surface area contributed by atoms with E-state index in [1.54, 1.807) is 18.2 Å². The summed E-state index contributed by atoms with van der Waals surface area (Å²) in [7, 11) is 0. The fraction of sp³-hybridized carbons (Fsp3) is 0.143. The molecule has 100 valence electrons. The van der Waals surface area contributed by atoms with E-state index in [9.17, 15) is 4.39 Å². The molecule has 0 amide bonds. The van der Waals surface area contributed by atoms with Crippen LogP contribution < -0.4 is 5.73 Å². The maximum atomic E-state index is 13.8. The molecule has 0 spiro atoms. The molecule has 0 atom stereocenters. The Bertz CT molecular complexity index is 590. The molecular weight excluding hydrogens is 304 g/mol. The molecule has 0 saturated carbocycles. The molecule has 19 heavy (non-hydrogen) atoms. The van der Waals surface area contributed by atoms with E-state index in [-0.39, 0.29) is 5.82 Å². The lowest BCUT2D eigenvalue weighted by atomic mass is 10.1. The van der Waals surface area contributed by atoms with Crippen molar-refractivity contribution < 1.29 is 4.39 Å². The highest BCUT2D eigenvalue weighted by Gasteiger charge is 2.09. The third kappa shape index (κ3) is 3.63. The monoisotopic (exact) mass is 315 g/mol. The zero-order valence-corrected chi connectivity index (χ0v) is 12.3. The minimum atomic E-state index is -0.226. The van der Waals surface area contributed by atoms with Gasteiger partial charge in [0.15, 0.2) is 0 Å². The molecule has 0 aliphatic heterocycles. The first-order chi connectivity index (χ1) is 9.11. The number of hydrogen-bond donors (Lipinski definition) is 1. The smallest absolute Gasteiger partial charge is 0.127 e. The van der Waals surface area contributed by atoms with Gasteiger partial charge in [0, 0.05) is 15.4 Å². The van der Waals surface area contributed by atoms with Crippen LogP contribution in [-0.4, -0.2) is 6.54 Å². The van der Waals surface area contributed by atoms with Crippen LogP contribution in [0.4, 0.5) is 4.39 Å². The van der Waals surface area contributed by atoms with Crippen molar-refractivity contribution in [3.63, 3.8) is 0 Å². The van der Waals surface area contributed by atoms with Gasteiger partial charge in [-0.25, -0.2) is 4.39 Å². The number of hydrogen-bond acceptors (Lipinski definition) is 2. The van der Waals surface area contributed by atoms with Gasteiger partial charge in [0.2, 0.25) is 0 Å². The SMILES string of the molecule is NCCc1c(F)cccc1Sc1ccc(Cl)c(Cl)c1. The van der Waals surface area contributed by atoms with Gasteiger partial charge in [0.05, 0.1) is 10.0 Å². The third-order valence-electron chi connectivity index (χ3n) is 2.59. The summed E-state index contributed by atoms with van der Waals surface area (Å²) in [6.07, 6.45) is 0.510. The highest BCUT2D eigenvalue weighted by Crippen LogP contribution is 2.35. The van der Waals surface area contributed by atoms with Crippen molar-refractivity contribution in [2.45, 2.75) is 16.2 Å². The lowest BCUT2D eigenvalue weighted by molar-refractivity contribution is 0.603. The Hall–Kier alpha value is -0.740. The van der Waals surface area contributed by atoms with Crippen molar-refractivity contribution in [1.29, 1.82) is 0 Å². The largest absolute Gasteiger partial charge is 0.330 e. The molecule has 0 fully saturated rings. The molecule has 0 aliphatic rings. The van der Waals surface area contributed by atoms with Crippen molar-refractivity contribution in [3.05, 3.63) is 57.8 Å². The van der Waals surface area contributed by atoms with E-state index in [2.05, 4.69) is 0 Å². The molecule has 2 N–H and O–H groups in total. The minimum Gasteiger partial charge on any atom is -0.330 e. The lowest BCUT2D eigenvalue weighted by Crippen LogP contribution is -2.05. The second-order valence-corrected chi connectivity index (χ2v) is 5.86. The van der Waals surface area contributed by atoms with Crippen LogP contribution in [0.2, 0.25) is 10.0 Å². The summed E-state index contributed by atoms with van der Waals surface area (Å²) in [5, 5.41) is 0.996. The van der Waals surface area contributed by atoms with E-state index in [1.807, 2.05) is 12.1 Å². The third-order valence-corrected chi connectivity index (χ3v) is 4.42. The Morgan fingerprint density at radius 2 is 1.89 bits per heavy atom. The fourth-order valence-electron chi connectivity index (χ4n) is 1.69. The second kappa shape index (κ2) is 6.62. The fourth-order valence-corrected chi connectivity index (χ4v) is 3.09. The second-order valence-electron chi connectivity index (χ2n) is 3.93. The van der Waals surface area contributed by atoms with Crippen LogP contribution in [0, 0.1) is 5.82 Å². The maximum Gasteiger partial charge on any atom is 0.127 e. The Labute approximate surface area is 125 Å². The van der Waals surface area contributed by atoms with E-state index in [4.69, 9.17) is 28.9 Å². The number of halogens is 3. The van der Waals surface area contributed by atoms with Gasteiger partial charge in [0.25, 0.3) is 0 Å². The van der Waals surface area contributed by atoms with Crippen molar-refractivity contribution in [1.82, 2.24) is 0 Å². The predicted octanol–water partition coefficient (Wildman–Crippen LogP) is 4.78. The van der Waals surface area contributed by atoms with Crippen molar-refractivity contribution in [2.24, 2.45) is 5.73 Å². The molecule has 0 bridgehead atoms. The van der Waals surface area contributed by atoms with Gasteiger partial charge in [-0.3, -0.25) is 0 Å². The summed E-state index contributed by atoms with van der Waals surface area (Å²) in [6.45, 7) is 0.413. The average molecular weight is 316 g/mol. The van der Waals surface area contributed by atoms with Gasteiger partial charge < -0.3 is 5.73 Å². The minimum absolute atomic E-state index is 0.226. The summed E-state index contributed by atoms with van der Waals surface area (Å²) in [5.41, 5.74) is 6.16. The van der Waals surface area contributed by atoms with Gasteiger partial charge >= 0.3 is 0 Å². The summed E-state index contributed by atoms with van der Waals surface area (Å²) in [6, 6.07) is 10.4. The zero-order chi connectivity index (χ0) is 13.8. The van der Waals surface area contributed by atoms with Gasteiger partial charge in [-0.1, -0.05) is 41.0 Å². The average Bonchev–Trinajstić information content (AvgIpc) is 2.38. The Kier molecular flexibility index (Phi) is 5.11. The number of nitrogens with two attached hydrogens (primary N) is 1. The molecule has 0 aliphatic carbocycles. The van der Waals surface area contributed by atoms with E-state index in [0.717, 1.165) is 9.79 Å². The number of benzene rings is 2. The van der Waals surface area contributed by atoms with Crippen molar-refractivity contribution in [2.75, 3.05) is 6.54 Å². The van der Waals surface area contributed by atoms with Gasteiger partial charge in [-0.15, -0.1) is 0 Å². The van der Waals surface area contributed by atoms with Crippen molar-refractivity contribution >= 4 is 35.0 Å². The molecule has 0 aromatic heterocycles. The molecule has 0 saturated heterocycles. The normalized spacial score (nSPS) is 10.7. The summed E-state index contributed by atoms with van der Waals surface area (Å²) >= 11 is 13.3. The Morgan fingerprint density at radius 3 is 2.58 bits per heavy atom. The molecule has 0 unspecified atom stereocenters. The first-order valence-corrected chi connectivity index (χ1v) is 7.29. The van der Waals surface area contributed by atoms with Crippen LogP contribution in [0.25, 0.3) is 0 Å². The van der Waals surface area contributed by atoms with Crippen LogP contribution in [0.1, 0.15) is 5.56 Å².